The number of H-pyrrole nitrogens is 1. The number of hydrogen-bond acceptors (Lipinski definition) is 3. The molecule has 2 heterocycles. The molecule has 2 rings (SSSR count). The Bertz CT molecular complexity index is 379. The van der Waals surface area contributed by atoms with Crippen LogP contribution in [0.4, 0.5) is 5.00 Å². The molecule has 0 atom stereocenters. The number of hydrogen-bond donors (Lipinski definition) is 2. The van der Waals surface area contributed by atoms with Crippen molar-refractivity contribution < 1.29 is 4.79 Å². The molecule has 0 fully saturated rings. The summed E-state index contributed by atoms with van der Waals surface area (Å²) in [5.41, 5.74) is 0.397. The average Bonchev–Trinajstić information content (AvgIpc) is 2.74. The molecule has 0 radical (unpaired) electrons. The maximum atomic E-state index is 11.4. The number of nitrogens with zero attached hydrogens (tertiary/aromatic N) is 1. The summed E-state index contributed by atoms with van der Waals surface area (Å²) < 4.78 is 0. The van der Waals surface area contributed by atoms with Crippen molar-refractivity contribution in [3.8, 4) is 0 Å². The van der Waals surface area contributed by atoms with Crippen molar-refractivity contribution in [3.05, 3.63) is 35.5 Å². The minimum absolute atomic E-state index is 0.191. The van der Waals surface area contributed by atoms with E-state index in [0.717, 1.165) is 5.00 Å². The largest absolute Gasteiger partial charge is 0.312 e. The molecule has 0 bridgehead atoms. The maximum Gasteiger partial charge on any atom is 0.276 e. The summed E-state index contributed by atoms with van der Waals surface area (Å²) in [5.74, 6) is -0.191. The number of aromatic amines is 1. The predicted molar refractivity (Wildman–Crippen MR) is 50.9 cm³/mol. The van der Waals surface area contributed by atoms with Crippen LogP contribution in [0.2, 0.25) is 0 Å². The Kier molecular flexibility index (Phi) is 2.09. The molecule has 66 valence electrons. The number of thiophene rings is 1. The van der Waals surface area contributed by atoms with Gasteiger partial charge in [-0.15, -0.1) is 11.3 Å². The van der Waals surface area contributed by atoms with Gasteiger partial charge in [0.2, 0.25) is 0 Å². The van der Waals surface area contributed by atoms with E-state index >= 15 is 0 Å². The van der Waals surface area contributed by atoms with Crippen LogP contribution in [0.15, 0.2) is 29.8 Å². The van der Waals surface area contributed by atoms with E-state index < -0.39 is 0 Å². The van der Waals surface area contributed by atoms with Crippen molar-refractivity contribution >= 4 is 22.2 Å². The van der Waals surface area contributed by atoms with Gasteiger partial charge in [0.05, 0.1) is 5.00 Å². The highest BCUT2D eigenvalue weighted by Gasteiger charge is 2.07. The molecule has 13 heavy (non-hydrogen) atoms. The second-order valence-electron chi connectivity index (χ2n) is 2.39. The van der Waals surface area contributed by atoms with E-state index in [0.29, 0.717) is 5.69 Å². The van der Waals surface area contributed by atoms with Gasteiger partial charge in [0.1, 0.15) is 5.69 Å². The van der Waals surface area contributed by atoms with Crippen LogP contribution in [-0.2, 0) is 0 Å². The van der Waals surface area contributed by atoms with Crippen LogP contribution in [-0.4, -0.2) is 16.1 Å². The molecule has 2 aromatic heterocycles. The van der Waals surface area contributed by atoms with Crippen LogP contribution in [0.1, 0.15) is 10.5 Å². The van der Waals surface area contributed by atoms with Gasteiger partial charge in [-0.2, -0.15) is 5.10 Å². The van der Waals surface area contributed by atoms with Gasteiger partial charge in [-0.1, -0.05) is 0 Å². The monoisotopic (exact) mass is 193 g/mol. The van der Waals surface area contributed by atoms with E-state index in [9.17, 15) is 4.79 Å². The van der Waals surface area contributed by atoms with Crippen LogP contribution in [0.5, 0.6) is 0 Å². The third kappa shape index (κ3) is 1.75. The number of amides is 1. The lowest BCUT2D eigenvalue weighted by Crippen LogP contribution is -2.11. The fourth-order valence-electron chi connectivity index (χ4n) is 0.912. The first-order valence-corrected chi connectivity index (χ1v) is 4.59. The molecular weight excluding hydrogens is 186 g/mol. The maximum absolute atomic E-state index is 11.4. The molecule has 0 saturated carbocycles. The van der Waals surface area contributed by atoms with Crippen molar-refractivity contribution in [2.24, 2.45) is 0 Å². The molecule has 0 unspecified atom stereocenters. The number of aromatic nitrogens is 2. The molecule has 4 nitrogen and oxygen atoms in total. The first kappa shape index (κ1) is 8.00. The van der Waals surface area contributed by atoms with Crippen LogP contribution in [0.25, 0.3) is 0 Å². The molecule has 0 saturated heterocycles. The number of carbonyl (C=O) groups is 1. The minimum atomic E-state index is -0.191. The lowest BCUT2D eigenvalue weighted by Gasteiger charge is -1.96. The molecular formula is C8H7N3OS. The van der Waals surface area contributed by atoms with Gasteiger partial charge in [-0.05, 0) is 23.6 Å². The molecule has 0 aliphatic rings. The zero-order chi connectivity index (χ0) is 9.10. The highest BCUT2D eigenvalue weighted by molar-refractivity contribution is 7.14. The third-order valence-corrected chi connectivity index (χ3v) is 2.28. The lowest BCUT2D eigenvalue weighted by molar-refractivity contribution is 0.102. The summed E-state index contributed by atoms with van der Waals surface area (Å²) in [6, 6.07) is 5.35. The van der Waals surface area contributed by atoms with Crippen molar-refractivity contribution in [1.82, 2.24) is 10.2 Å². The highest BCUT2D eigenvalue weighted by atomic mass is 32.1. The van der Waals surface area contributed by atoms with Gasteiger partial charge in [0, 0.05) is 6.20 Å². The molecule has 1 amide bonds. The van der Waals surface area contributed by atoms with Gasteiger partial charge < -0.3 is 5.32 Å². The van der Waals surface area contributed by atoms with E-state index in [2.05, 4.69) is 15.5 Å². The molecule has 2 N–H and O–H groups in total. The number of nitrogens with one attached hydrogen (secondary N) is 2. The topological polar surface area (TPSA) is 57.8 Å². The summed E-state index contributed by atoms with van der Waals surface area (Å²) in [7, 11) is 0. The summed E-state index contributed by atoms with van der Waals surface area (Å²) >= 11 is 1.48. The Hall–Kier alpha value is -1.62. The second kappa shape index (κ2) is 3.40. The first-order valence-electron chi connectivity index (χ1n) is 3.71. The van der Waals surface area contributed by atoms with Gasteiger partial charge in [0.15, 0.2) is 0 Å². The SMILES string of the molecule is O=C(Nc1cccs1)c1cc[nH]n1. The van der Waals surface area contributed by atoms with Gasteiger partial charge >= 0.3 is 0 Å². The average molecular weight is 193 g/mol. The van der Waals surface area contributed by atoms with Crippen molar-refractivity contribution in [2.45, 2.75) is 0 Å². The predicted octanol–water partition coefficient (Wildman–Crippen LogP) is 1.72. The van der Waals surface area contributed by atoms with Crippen LogP contribution >= 0.6 is 11.3 Å². The van der Waals surface area contributed by atoms with Crippen molar-refractivity contribution in [3.63, 3.8) is 0 Å². The zero-order valence-corrected chi connectivity index (χ0v) is 7.47. The molecule has 0 aliphatic carbocycles. The van der Waals surface area contributed by atoms with Crippen molar-refractivity contribution in [1.29, 1.82) is 0 Å². The normalized spacial score (nSPS) is 9.85. The first-order chi connectivity index (χ1) is 6.36. The summed E-state index contributed by atoms with van der Waals surface area (Å²) in [4.78, 5) is 11.4. The number of carbonyl (C=O) groups excluding carboxylic acids is 1. The van der Waals surface area contributed by atoms with E-state index in [1.807, 2.05) is 17.5 Å². The third-order valence-electron chi connectivity index (χ3n) is 1.49. The lowest BCUT2D eigenvalue weighted by atomic mass is 10.4. The van der Waals surface area contributed by atoms with E-state index in [-0.39, 0.29) is 5.91 Å². The zero-order valence-electron chi connectivity index (χ0n) is 6.65. The fourth-order valence-corrected chi connectivity index (χ4v) is 1.52. The quantitative estimate of drug-likeness (QED) is 0.763. The standard InChI is InChI=1S/C8H7N3OS/c12-8(6-3-4-9-11-6)10-7-2-1-5-13-7/h1-5H,(H,9,11)(H,10,12). The Morgan fingerprint density at radius 2 is 2.46 bits per heavy atom. The minimum Gasteiger partial charge on any atom is -0.312 e. The van der Waals surface area contributed by atoms with E-state index in [1.54, 1.807) is 12.3 Å². The number of anilines is 1. The van der Waals surface area contributed by atoms with Crippen molar-refractivity contribution in [2.75, 3.05) is 5.32 Å². The summed E-state index contributed by atoms with van der Waals surface area (Å²) in [6.45, 7) is 0. The van der Waals surface area contributed by atoms with Crippen LogP contribution in [0.3, 0.4) is 0 Å². The Balaban J connectivity index is 2.08. The van der Waals surface area contributed by atoms with Crippen LogP contribution in [0, 0.1) is 0 Å². The Morgan fingerprint density at radius 3 is 3.08 bits per heavy atom. The van der Waals surface area contributed by atoms with E-state index in [1.165, 1.54) is 11.3 Å². The van der Waals surface area contributed by atoms with Gasteiger partial charge in [0.25, 0.3) is 5.91 Å². The molecule has 0 aromatic carbocycles. The molecule has 0 aliphatic heterocycles. The Labute approximate surface area is 78.6 Å². The molecule has 0 spiro atoms. The highest BCUT2D eigenvalue weighted by Crippen LogP contribution is 2.15. The molecule has 5 heteroatoms. The Morgan fingerprint density at radius 1 is 1.54 bits per heavy atom. The van der Waals surface area contributed by atoms with Gasteiger partial charge in [-0.25, -0.2) is 0 Å². The smallest absolute Gasteiger partial charge is 0.276 e. The van der Waals surface area contributed by atoms with Crippen LogP contribution < -0.4 is 5.32 Å². The molecule has 2 aromatic rings. The summed E-state index contributed by atoms with van der Waals surface area (Å²) in [6.07, 6.45) is 1.61. The van der Waals surface area contributed by atoms with Gasteiger partial charge in [-0.3, -0.25) is 9.89 Å². The van der Waals surface area contributed by atoms with E-state index in [4.69, 9.17) is 0 Å². The second-order valence-corrected chi connectivity index (χ2v) is 3.34. The number of rotatable bonds is 2. The fraction of sp³-hybridized carbons (Fsp3) is 0. The summed E-state index contributed by atoms with van der Waals surface area (Å²) in [5, 5.41) is 11.8.